The van der Waals surface area contributed by atoms with E-state index in [1.807, 2.05) is 34.9 Å². The van der Waals surface area contributed by atoms with Crippen LogP contribution in [0.2, 0.25) is 0 Å². The monoisotopic (exact) mass is 356 g/mol. The molecule has 1 aromatic heterocycles. The number of nitrogens with zero attached hydrogens (tertiary/aromatic N) is 3. The molecule has 128 valence electrons. The summed E-state index contributed by atoms with van der Waals surface area (Å²) < 4.78 is 15.3. The van der Waals surface area contributed by atoms with Crippen molar-refractivity contribution in [1.82, 2.24) is 20.1 Å². The summed E-state index contributed by atoms with van der Waals surface area (Å²) in [6.07, 6.45) is 1.62. The van der Waals surface area contributed by atoms with Gasteiger partial charge in [0.05, 0.1) is 5.75 Å². The lowest BCUT2D eigenvalue weighted by Gasteiger charge is -2.07. The van der Waals surface area contributed by atoms with Crippen LogP contribution in [-0.4, -0.2) is 26.4 Å². The van der Waals surface area contributed by atoms with Gasteiger partial charge in [-0.05, 0) is 36.2 Å². The zero-order chi connectivity index (χ0) is 17.6. The van der Waals surface area contributed by atoms with Gasteiger partial charge in [0.1, 0.15) is 12.1 Å². The maximum absolute atomic E-state index is 13.5. The predicted octanol–water partition coefficient (Wildman–Crippen LogP) is 3.12. The van der Waals surface area contributed by atoms with Crippen LogP contribution < -0.4 is 5.32 Å². The van der Waals surface area contributed by atoms with Gasteiger partial charge in [-0.1, -0.05) is 42.1 Å². The summed E-state index contributed by atoms with van der Waals surface area (Å²) in [5.41, 5.74) is 2.25. The number of carbonyl (C=O) groups is 1. The molecule has 0 fully saturated rings. The van der Waals surface area contributed by atoms with Crippen LogP contribution in [-0.2, 0) is 11.3 Å². The minimum atomic E-state index is -0.267. The lowest BCUT2D eigenvalue weighted by molar-refractivity contribution is -0.118. The molecule has 7 heteroatoms. The Balaban J connectivity index is 1.55. The number of hydrogen-bond donors (Lipinski definition) is 1. The van der Waals surface area contributed by atoms with Crippen molar-refractivity contribution in [3.8, 4) is 5.69 Å². The fraction of sp³-hybridized carbons (Fsp3) is 0.167. The Kier molecular flexibility index (Phi) is 5.45. The molecule has 0 atom stereocenters. The van der Waals surface area contributed by atoms with Gasteiger partial charge in [-0.3, -0.25) is 9.36 Å². The van der Waals surface area contributed by atoms with E-state index in [2.05, 4.69) is 15.5 Å². The highest BCUT2D eigenvalue weighted by Gasteiger charge is 2.10. The van der Waals surface area contributed by atoms with E-state index in [0.717, 1.165) is 11.3 Å². The molecule has 2 aromatic carbocycles. The fourth-order valence-electron chi connectivity index (χ4n) is 2.22. The number of para-hydroxylation sites is 1. The van der Waals surface area contributed by atoms with Crippen LogP contribution in [0.4, 0.5) is 4.39 Å². The molecule has 3 rings (SSSR count). The third-order valence-electron chi connectivity index (χ3n) is 3.61. The van der Waals surface area contributed by atoms with Crippen LogP contribution in [0.5, 0.6) is 0 Å². The lowest BCUT2D eigenvalue weighted by atomic mass is 10.1. The van der Waals surface area contributed by atoms with Crippen molar-refractivity contribution in [1.29, 1.82) is 0 Å². The van der Waals surface area contributed by atoms with E-state index in [9.17, 15) is 9.18 Å². The van der Waals surface area contributed by atoms with Gasteiger partial charge >= 0.3 is 0 Å². The van der Waals surface area contributed by atoms with Crippen molar-refractivity contribution in [3.05, 3.63) is 71.8 Å². The van der Waals surface area contributed by atoms with Crippen molar-refractivity contribution < 1.29 is 9.18 Å². The Morgan fingerprint density at radius 1 is 1.24 bits per heavy atom. The molecule has 0 saturated heterocycles. The molecule has 0 aliphatic heterocycles. The summed E-state index contributed by atoms with van der Waals surface area (Å²) in [6.45, 7) is 2.00. The predicted molar refractivity (Wildman–Crippen MR) is 95.1 cm³/mol. The molecule has 1 amide bonds. The highest BCUT2D eigenvalue weighted by atomic mass is 32.2. The van der Waals surface area contributed by atoms with Crippen LogP contribution >= 0.6 is 11.8 Å². The first-order valence-electron chi connectivity index (χ1n) is 7.73. The molecule has 0 unspecified atom stereocenters. The summed E-state index contributed by atoms with van der Waals surface area (Å²) in [6, 6.07) is 14.6. The van der Waals surface area contributed by atoms with Crippen LogP contribution in [0, 0.1) is 12.7 Å². The molecular weight excluding hydrogens is 339 g/mol. The number of rotatable bonds is 6. The van der Waals surface area contributed by atoms with Gasteiger partial charge in [-0.25, -0.2) is 4.39 Å². The fourth-order valence-corrected chi connectivity index (χ4v) is 2.98. The Morgan fingerprint density at radius 2 is 2.04 bits per heavy atom. The minimum Gasteiger partial charge on any atom is -0.351 e. The van der Waals surface area contributed by atoms with Gasteiger partial charge in [-0.15, -0.1) is 10.2 Å². The molecule has 3 aromatic rings. The molecule has 1 N–H and O–H groups in total. The largest absolute Gasteiger partial charge is 0.351 e. The third-order valence-corrected chi connectivity index (χ3v) is 4.55. The quantitative estimate of drug-likeness (QED) is 0.690. The third kappa shape index (κ3) is 4.45. The second-order valence-electron chi connectivity index (χ2n) is 5.47. The number of thioether (sulfide) groups is 1. The second-order valence-corrected chi connectivity index (χ2v) is 6.41. The first-order chi connectivity index (χ1) is 12.1. The Hall–Kier alpha value is -2.67. The number of hydrogen-bond acceptors (Lipinski definition) is 4. The van der Waals surface area contributed by atoms with Crippen molar-refractivity contribution in [2.75, 3.05) is 5.75 Å². The van der Waals surface area contributed by atoms with Crippen molar-refractivity contribution >= 4 is 17.7 Å². The van der Waals surface area contributed by atoms with E-state index >= 15 is 0 Å². The van der Waals surface area contributed by atoms with Crippen LogP contribution in [0.3, 0.4) is 0 Å². The Labute approximate surface area is 149 Å². The van der Waals surface area contributed by atoms with E-state index in [4.69, 9.17) is 0 Å². The van der Waals surface area contributed by atoms with E-state index in [0.29, 0.717) is 17.3 Å². The van der Waals surface area contributed by atoms with E-state index in [-0.39, 0.29) is 17.5 Å². The van der Waals surface area contributed by atoms with E-state index in [1.54, 1.807) is 25.4 Å². The normalized spacial score (nSPS) is 10.6. The molecule has 0 aliphatic rings. The molecule has 5 nitrogen and oxygen atoms in total. The van der Waals surface area contributed by atoms with Gasteiger partial charge < -0.3 is 5.32 Å². The van der Waals surface area contributed by atoms with E-state index in [1.165, 1.54) is 17.8 Å². The number of carbonyl (C=O) groups excluding carboxylic acids is 1. The summed E-state index contributed by atoms with van der Waals surface area (Å²) in [4.78, 5) is 12.0. The van der Waals surface area contributed by atoms with E-state index < -0.39 is 0 Å². The number of benzene rings is 2. The number of aryl methyl sites for hydroxylation is 1. The van der Waals surface area contributed by atoms with Crippen LogP contribution in [0.25, 0.3) is 5.69 Å². The number of halogens is 1. The zero-order valence-corrected chi connectivity index (χ0v) is 14.5. The standard InChI is InChI=1S/C18H17FN4OS/c1-13-7-8-14(9-16(13)19)10-20-17(24)11-25-18-22-21-12-23(18)15-5-3-2-4-6-15/h2-9,12H,10-11H2,1H3,(H,20,24). The molecular formula is C18H17FN4OS. The average molecular weight is 356 g/mol. The molecule has 0 radical (unpaired) electrons. The summed E-state index contributed by atoms with van der Waals surface area (Å²) in [7, 11) is 0. The average Bonchev–Trinajstić information content (AvgIpc) is 3.10. The maximum atomic E-state index is 13.5. The number of nitrogens with one attached hydrogen (secondary N) is 1. The topological polar surface area (TPSA) is 59.8 Å². The zero-order valence-electron chi connectivity index (χ0n) is 13.6. The lowest BCUT2D eigenvalue weighted by Crippen LogP contribution is -2.24. The molecule has 0 aliphatic carbocycles. The number of aromatic nitrogens is 3. The SMILES string of the molecule is Cc1ccc(CNC(=O)CSc2nncn2-c2ccccc2)cc1F. The summed E-state index contributed by atoms with van der Waals surface area (Å²) in [5, 5.41) is 11.4. The van der Waals surface area contributed by atoms with Gasteiger partial charge in [0, 0.05) is 12.2 Å². The first-order valence-corrected chi connectivity index (χ1v) is 8.72. The van der Waals surface area contributed by atoms with Crippen LogP contribution in [0.15, 0.2) is 60.0 Å². The smallest absolute Gasteiger partial charge is 0.230 e. The molecule has 1 heterocycles. The van der Waals surface area contributed by atoms with Gasteiger partial charge in [-0.2, -0.15) is 0 Å². The Morgan fingerprint density at radius 3 is 2.80 bits per heavy atom. The molecule has 0 spiro atoms. The molecule has 0 saturated carbocycles. The highest BCUT2D eigenvalue weighted by molar-refractivity contribution is 7.99. The maximum Gasteiger partial charge on any atom is 0.230 e. The van der Waals surface area contributed by atoms with Gasteiger partial charge in [0.15, 0.2) is 5.16 Å². The highest BCUT2D eigenvalue weighted by Crippen LogP contribution is 2.19. The molecule has 25 heavy (non-hydrogen) atoms. The summed E-state index contributed by atoms with van der Waals surface area (Å²) >= 11 is 1.30. The first kappa shape index (κ1) is 17.2. The van der Waals surface area contributed by atoms with Gasteiger partial charge in [0.2, 0.25) is 5.91 Å². The second kappa shape index (κ2) is 7.94. The van der Waals surface area contributed by atoms with Crippen molar-refractivity contribution in [2.45, 2.75) is 18.6 Å². The summed E-state index contributed by atoms with van der Waals surface area (Å²) in [5.74, 6) is -0.203. The van der Waals surface area contributed by atoms with Crippen LogP contribution in [0.1, 0.15) is 11.1 Å². The number of amides is 1. The van der Waals surface area contributed by atoms with Crippen molar-refractivity contribution in [3.63, 3.8) is 0 Å². The Bertz CT molecular complexity index is 867. The van der Waals surface area contributed by atoms with Gasteiger partial charge in [0.25, 0.3) is 0 Å². The molecule has 0 bridgehead atoms. The minimum absolute atomic E-state index is 0.145. The van der Waals surface area contributed by atoms with Crippen molar-refractivity contribution in [2.24, 2.45) is 0 Å².